The molecule has 0 radical (unpaired) electrons. The van der Waals surface area contributed by atoms with E-state index in [4.69, 9.17) is 4.74 Å². The Kier molecular flexibility index (Phi) is 6.32. The van der Waals surface area contributed by atoms with Gasteiger partial charge in [-0.2, -0.15) is 0 Å². The van der Waals surface area contributed by atoms with E-state index in [-0.39, 0.29) is 12.6 Å². The Morgan fingerprint density at radius 3 is 2.29 bits per heavy atom. The highest BCUT2D eigenvalue weighted by molar-refractivity contribution is 5.95. The van der Waals surface area contributed by atoms with Crippen LogP contribution in [0, 0.1) is 0 Å². The number of ether oxygens (including phenoxy) is 1. The lowest BCUT2D eigenvalue weighted by Gasteiger charge is -2.32. The van der Waals surface area contributed by atoms with Crippen LogP contribution in [-0.4, -0.2) is 31.7 Å². The Morgan fingerprint density at radius 1 is 1.04 bits per heavy atom. The normalized spacial score (nSPS) is 16.2. The first-order valence-corrected chi connectivity index (χ1v) is 9.46. The summed E-state index contributed by atoms with van der Waals surface area (Å²) >= 11 is 0. The van der Waals surface area contributed by atoms with Crippen molar-refractivity contribution in [3.63, 3.8) is 0 Å². The summed E-state index contributed by atoms with van der Waals surface area (Å²) in [6, 6.07) is 18.5. The molecular formula is C22H25N3O3. The van der Waals surface area contributed by atoms with Crippen molar-refractivity contribution in [3.05, 3.63) is 77.5 Å². The van der Waals surface area contributed by atoms with Gasteiger partial charge in [-0.1, -0.05) is 48.5 Å². The van der Waals surface area contributed by atoms with Crippen LogP contribution in [0.1, 0.15) is 25.5 Å². The molecule has 2 aromatic rings. The highest BCUT2D eigenvalue weighted by atomic mass is 16.5. The molecule has 1 aliphatic heterocycles. The maximum Gasteiger partial charge on any atom is 0.338 e. The van der Waals surface area contributed by atoms with Crippen molar-refractivity contribution in [2.24, 2.45) is 0 Å². The predicted octanol–water partition coefficient (Wildman–Crippen LogP) is 3.38. The molecule has 0 aliphatic carbocycles. The molecule has 1 heterocycles. The van der Waals surface area contributed by atoms with Crippen molar-refractivity contribution < 1.29 is 14.3 Å². The van der Waals surface area contributed by atoms with E-state index >= 15 is 0 Å². The number of urea groups is 1. The van der Waals surface area contributed by atoms with Gasteiger partial charge in [0.15, 0.2) is 0 Å². The number of carbonyl (C=O) groups excluding carboxylic acids is 2. The van der Waals surface area contributed by atoms with Gasteiger partial charge in [0.1, 0.15) is 0 Å². The number of rotatable bonds is 7. The number of benzene rings is 2. The minimum atomic E-state index is -0.557. The van der Waals surface area contributed by atoms with Crippen LogP contribution in [0.3, 0.4) is 0 Å². The average molecular weight is 379 g/mol. The number of hydrogen-bond acceptors (Lipinski definition) is 4. The van der Waals surface area contributed by atoms with Crippen LogP contribution >= 0.6 is 0 Å². The molecule has 1 aliphatic rings. The molecule has 3 rings (SSSR count). The monoisotopic (exact) mass is 379 g/mol. The number of likely N-dealkylation sites (N-methyl/N-ethyl adjacent to an activating group) is 1. The average Bonchev–Trinajstić information content (AvgIpc) is 2.73. The molecule has 28 heavy (non-hydrogen) atoms. The summed E-state index contributed by atoms with van der Waals surface area (Å²) in [5, 5.41) is 5.68. The SMILES string of the molecule is CCOC(=O)C1=C(CN(CC)c2ccccc2)NC(=O)NC1c1ccccc1. The molecule has 2 aromatic carbocycles. The van der Waals surface area contributed by atoms with Crippen LogP contribution in [0.4, 0.5) is 10.5 Å². The van der Waals surface area contributed by atoms with Crippen LogP contribution < -0.4 is 15.5 Å². The predicted molar refractivity (Wildman–Crippen MR) is 109 cm³/mol. The second kappa shape index (κ2) is 9.08. The second-order valence-corrected chi connectivity index (χ2v) is 6.40. The maximum absolute atomic E-state index is 12.8. The third kappa shape index (κ3) is 4.34. The first kappa shape index (κ1) is 19.5. The molecule has 6 nitrogen and oxygen atoms in total. The molecule has 0 aromatic heterocycles. The Balaban J connectivity index is 2.03. The van der Waals surface area contributed by atoms with Gasteiger partial charge in [-0.25, -0.2) is 9.59 Å². The van der Waals surface area contributed by atoms with E-state index in [0.29, 0.717) is 17.8 Å². The van der Waals surface area contributed by atoms with Gasteiger partial charge in [-0.15, -0.1) is 0 Å². The lowest BCUT2D eigenvalue weighted by Crippen LogP contribution is -2.48. The number of carbonyl (C=O) groups is 2. The lowest BCUT2D eigenvalue weighted by molar-refractivity contribution is -0.139. The largest absolute Gasteiger partial charge is 0.463 e. The second-order valence-electron chi connectivity index (χ2n) is 6.40. The molecule has 6 heteroatoms. The van der Waals surface area contributed by atoms with Gasteiger partial charge in [0.25, 0.3) is 0 Å². The van der Waals surface area contributed by atoms with Crippen molar-refractivity contribution in [1.82, 2.24) is 10.6 Å². The standard InChI is InChI=1S/C22H25N3O3/c1-3-25(17-13-9-6-10-14-17)15-18-19(21(26)28-4-2)20(24-22(27)23-18)16-11-7-5-8-12-16/h5-14,20H,3-4,15H2,1-2H3,(H2,23,24,27). The molecule has 1 unspecified atom stereocenters. The molecule has 1 atom stereocenters. The van der Waals surface area contributed by atoms with Crippen molar-refractivity contribution >= 4 is 17.7 Å². The summed E-state index contributed by atoms with van der Waals surface area (Å²) in [7, 11) is 0. The van der Waals surface area contributed by atoms with Gasteiger partial charge in [0, 0.05) is 12.2 Å². The summed E-state index contributed by atoms with van der Waals surface area (Å²) in [5.41, 5.74) is 2.84. The molecule has 0 fully saturated rings. The Bertz CT molecular complexity index is 850. The highest BCUT2D eigenvalue weighted by Gasteiger charge is 2.34. The van der Waals surface area contributed by atoms with E-state index in [1.807, 2.05) is 67.6 Å². The van der Waals surface area contributed by atoms with Gasteiger partial charge >= 0.3 is 12.0 Å². The van der Waals surface area contributed by atoms with Crippen molar-refractivity contribution in [3.8, 4) is 0 Å². The molecule has 0 bridgehead atoms. The molecule has 0 saturated carbocycles. The minimum absolute atomic E-state index is 0.265. The van der Waals surface area contributed by atoms with Gasteiger partial charge in [-0.05, 0) is 31.5 Å². The number of anilines is 1. The van der Waals surface area contributed by atoms with E-state index in [9.17, 15) is 9.59 Å². The summed E-state index contributed by atoms with van der Waals surface area (Å²) in [6.07, 6.45) is 0. The summed E-state index contributed by atoms with van der Waals surface area (Å²) in [4.78, 5) is 27.3. The van der Waals surface area contributed by atoms with Gasteiger partial charge in [0.05, 0.1) is 30.5 Å². The van der Waals surface area contributed by atoms with E-state index in [2.05, 4.69) is 15.5 Å². The number of esters is 1. The lowest BCUT2D eigenvalue weighted by atomic mass is 9.95. The van der Waals surface area contributed by atoms with Crippen molar-refractivity contribution in [1.29, 1.82) is 0 Å². The Morgan fingerprint density at radius 2 is 1.68 bits per heavy atom. The minimum Gasteiger partial charge on any atom is -0.463 e. The number of nitrogens with one attached hydrogen (secondary N) is 2. The zero-order chi connectivity index (χ0) is 19.9. The van der Waals surface area contributed by atoms with Crippen molar-refractivity contribution in [2.75, 3.05) is 24.6 Å². The third-order valence-electron chi connectivity index (χ3n) is 4.63. The Labute approximate surface area is 165 Å². The fourth-order valence-corrected chi connectivity index (χ4v) is 3.30. The van der Waals surface area contributed by atoms with Gasteiger partial charge < -0.3 is 20.3 Å². The van der Waals surface area contributed by atoms with E-state index in [1.165, 1.54) is 0 Å². The fourth-order valence-electron chi connectivity index (χ4n) is 3.30. The maximum atomic E-state index is 12.8. The number of para-hydroxylation sites is 1. The molecule has 146 valence electrons. The highest BCUT2D eigenvalue weighted by Crippen LogP contribution is 2.28. The molecule has 2 amide bonds. The summed E-state index contributed by atoms with van der Waals surface area (Å²) in [6.45, 7) is 5.19. The summed E-state index contributed by atoms with van der Waals surface area (Å²) in [5.74, 6) is -0.428. The zero-order valence-electron chi connectivity index (χ0n) is 16.1. The Hall–Kier alpha value is -3.28. The topological polar surface area (TPSA) is 70.7 Å². The quantitative estimate of drug-likeness (QED) is 0.724. The van der Waals surface area contributed by atoms with Gasteiger partial charge in [0.2, 0.25) is 0 Å². The van der Waals surface area contributed by atoms with Crippen LogP contribution in [0.5, 0.6) is 0 Å². The van der Waals surface area contributed by atoms with Crippen LogP contribution in [0.25, 0.3) is 0 Å². The fraction of sp³-hybridized carbons (Fsp3) is 0.273. The number of nitrogens with zero attached hydrogens (tertiary/aromatic N) is 1. The van der Waals surface area contributed by atoms with E-state index in [1.54, 1.807) is 6.92 Å². The van der Waals surface area contributed by atoms with Crippen LogP contribution in [0.2, 0.25) is 0 Å². The first-order chi connectivity index (χ1) is 13.6. The first-order valence-electron chi connectivity index (χ1n) is 9.46. The summed E-state index contributed by atoms with van der Waals surface area (Å²) < 4.78 is 5.31. The van der Waals surface area contributed by atoms with E-state index in [0.717, 1.165) is 17.8 Å². The van der Waals surface area contributed by atoms with Gasteiger partial charge in [-0.3, -0.25) is 0 Å². The number of hydrogen-bond donors (Lipinski definition) is 2. The van der Waals surface area contributed by atoms with Crippen molar-refractivity contribution in [2.45, 2.75) is 19.9 Å². The van der Waals surface area contributed by atoms with Crippen LogP contribution in [0.15, 0.2) is 71.9 Å². The smallest absolute Gasteiger partial charge is 0.338 e. The van der Waals surface area contributed by atoms with E-state index < -0.39 is 12.0 Å². The number of amides is 2. The molecule has 0 spiro atoms. The zero-order valence-corrected chi connectivity index (χ0v) is 16.1. The van der Waals surface area contributed by atoms with Crippen LogP contribution in [-0.2, 0) is 9.53 Å². The molecule has 2 N–H and O–H groups in total. The molecule has 0 saturated heterocycles. The third-order valence-corrected chi connectivity index (χ3v) is 4.63. The molecular weight excluding hydrogens is 354 g/mol.